The van der Waals surface area contributed by atoms with Gasteiger partial charge >= 0.3 is 0 Å². The predicted molar refractivity (Wildman–Crippen MR) is 125 cm³/mol. The van der Waals surface area contributed by atoms with E-state index in [1.807, 2.05) is 66.1 Å². The van der Waals surface area contributed by atoms with Crippen LogP contribution in [0.2, 0.25) is 0 Å². The van der Waals surface area contributed by atoms with Gasteiger partial charge in [0.25, 0.3) is 5.91 Å². The lowest BCUT2D eigenvalue weighted by Gasteiger charge is -2.10. The SMILES string of the molecule is CNC(=O)C(=Cc1ccc(C)cc1)n1c(=N)n(Cc2ccc(C)cc2)c2ccccc21. The highest BCUT2D eigenvalue weighted by molar-refractivity contribution is 6.19. The van der Waals surface area contributed by atoms with E-state index in [-0.39, 0.29) is 11.5 Å². The summed E-state index contributed by atoms with van der Waals surface area (Å²) < 4.78 is 3.66. The van der Waals surface area contributed by atoms with Gasteiger partial charge in [0, 0.05) is 7.05 Å². The number of rotatable bonds is 5. The lowest BCUT2D eigenvalue weighted by molar-refractivity contribution is -0.115. The maximum Gasteiger partial charge on any atom is 0.268 e. The summed E-state index contributed by atoms with van der Waals surface area (Å²) >= 11 is 0. The van der Waals surface area contributed by atoms with E-state index in [0.29, 0.717) is 12.2 Å². The molecule has 0 spiro atoms. The van der Waals surface area contributed by atoms with Gasteiger partial charge in [-0.1, -0.05) is 71.8 Å². The molecule has 2 N–H and O–H groups in total. The first kappa shape index (κ1) is 20.4. The van der Waals surface area contributed by atoms with E-state index in [1.165, 1.54) is 5.56 Å². The van der Waals surface area contributed by atoms with E-state index < -0.39 is 0 Å². The van der Waals surface area contributed by atoms with Crippen LogP contribution in [0.1, 0.15) is 22.3 Å². The topological polar surface area (TPSA) is 62.8 Å². The minimum Gasteiger partial charge on any atom is -0.354 e. The molecule has 0 bridgehead atoms. The number of nitrogens with one attached hydrogen (secondary N) is 2. The Kier molecular flexibility index (Phi) is 5.58. The van der Waals surface area contributed by atoms with Crippen LogP contribution in [0.15, 0.2) is 72.8 Å². The molecule has 31 heavy (non-hydrogen) atoms. The molecular weight excluding hydrogens is 384 g/mol. The Morgan fingerprint density at radius 3 is 2.10 bits per heavy atom. The molecule has 1 aromatic heterocycles. The van der Waals surface area contributed by atoms with Gasteiger partial charge in [-0.15, -0.1) is 0 Å². The summed E-state index contributed by atoms with van der Waals surface area (Å²) in [6, 6.07) is 24.1. The van der Waals surface area contributed by atoms with Crippen LogP contribution in [0.5, 0.6) is 0 Å². The van der Waals surface area contributed by atoms with E-state index >= 15 is 0 Å². The molecule has 0 saturated heterocycles. The number of carbonyl (C=O) groups excluding carboxylic acids is 1. The molecule has 0 atom stereocenters. The standard InChI is InChI=1S/C26H26N4O/c1-18-8-12-20(13-9-18)16-24(25(31)28-3)30-23-7-5-4-6-22(23)29(26(30)27)17-21-14-10-19(2)11-15-21/h4-16,27H,17H2,1-3H3,(H,28,31). The number of carbonyl (C=O) groups is 1. The molecule has 1 heterocycles. The van der Waals surface area contributed by atoms with Crippen LogP contribution in [-0.2, 0) is 11.3 Å². The molecule has 0 aliphatic rings. The zero-order valence-corrected chi connectivity index (χ0v) is 18.0. The van der Waals surface area contributed by atoms with Crippen molar-refractivity contribution >= 4 is 28.7 Å². The smallest absolute Gasteiger partial charge is 0.268 e. The number of aromatic nitrogens is 2. The number of hydrogen-bond acceptors (Lipinski definition) is 2. The molecule has 1 amide bonds. The molecule has 156 valence electrons. The Hall–Kier alpha value is -3.86. The summed E-state index contributed by atoms with van der Waals surface area (Å²) in [5.41, 5.74) is 6.77. The fraction of sp³-hybridized carbons (Fsp3) is 0.154. The monoisotopic (exact) mass is 410 g/mol. The van der Waals surface area contributed by atoms with E-state index in [4.69, 9.17) is 5.41 Å². The predicted octanol–water partition coefficient (Wildman–Crippen LogP) is 4.33. The van der Waals surface area contributed by atoms with E-state index in [0.717, 1.165) is 27.7 Å². The van der Waals surface area contributed by atoms with Crippen LogP contribution in [0.4, 0.5) is 0 Å². The highest BCUT2D eigenvalue weighted by atomic mass is 16.2. The van der Waals surface area contributed by atoms with Crippen LogP contribution in [0.3, 0.4) is 0 Å². The highest BCUT2D eigenvalue weighted by Gasteiger charge is 2.18. The summed E-state index contributed by atoms with van der Waals surface area (Å²) in [6.07, 6.45) is 1.83. The Balaban J connectivity index is 1.91. The summed E-state index contributed by atoms with van der Waals surface area (Å²) in [7, 11) is 1.61. The number of fused-ring (bicyclic) bond motifs is 1. The van der Waals surface area contributed by atoms with Gasteiger partial charge in [0.15, 0.2) is 0 Å². The number of likely N-dealkylation sites (N-methyl/N-ethyl adjacent to an activating group) is 1. The number of para-hydroxylation sites is 2. The third-order valence-corrected chi connectivity index (χ3v) is 5.42. The molecule has 0 unspecified atom stereocenters. The van der Waals surface area contributed by atoms with Gasteiger partial charge in [0.1, 0.15) is 5.70 Å². The first-order valence-electron chi connectivity index (χ1n) is 10.3. The van der Waals surface area contributed by atoms with Crippen LogP contribution in [0.25, 0.3) is 22.8 Å². The van der Waals surface area contributed by atoms with E-state index in [1.54, 1.807) is 11.6 Å². The first-order valence-corrected chi connectivity index (χ1v) is 10.3. The molecule has 5 heteroatoms. The third-order valence-electron chi connectivity index (χ3n) is 5.42. The largest absolute Gasteiger partial charge is 0.354 e. The zero-order chi connectivity index (χ0) is 22.0. The second kappa shape index (κ2) is 8.48. The van der Waals surface area contributed by atoms with Gasteiger partial charge in [-0.05, 0) is 43.2 Å². The Labute approximate surface area is 181 Å². The average Bonchev–Trinajstić information content (AvgIpc) is 3.06. The number of aryl methyl sites for hydroxylation is 2. The first-order chi connectivity index (χ1) is 15.0. The highest BCUT2D eigenvalue weighted by Crippen LogP contribution is 2.20. The number of nitrogens with zero attached hydrogens (tertiary/aromatic N) is 2. The van der Waals surface area contributed by atoms with Crippen molar-refractivity contribution in [3.63, 3.8) is 0 Å². The molecule has 0 saturated carbocycles. The molecule has 0 radical (unpaired) electrons. The Morgan fingerprint density at radius 1 is 0.903 bits per heavy atom. The van der Waals surface area contributed by atoms with Crippen molar-refractivity contribution in [2.75, 3.05) is 7.05 Å². The van der Waals surface area contributed by atoms with Gasteiger partial charge in [-0.3, -0.25) is 14.8 Å². The van der Waals surface area contributed by atoms with Gasteiger partial charge < -0.3 is 9.88 Å². The summed E-state index contributed by atoms with van der Waals surface area (Å²) in [5, 5.41) is 11.7. The second-order valence-electron chi connectivity index (χ2n) is 7.74. The molecule has 4 aromatic rings. The molecule has 0 fully saturated rings. The van der Waals surface area contributed by atoms with Crippen molar-refractivity contribution in [3.05, 3.63) is 101 Å². The fourth-order valence-corrected chi connectivity index (χ4v) is 3.69. The lowest BCUT2D eigenvalue weighted by atomic mass is 10.1. The van der Waals surface area contributed by atoms with Crippen LogP contribution >= 0.6 is 0 Å². The van der Waals surface area contributed by atoms with E-state index in [9.17, 15) is 4.79 Å². The molecule has 0 aliphatic carbocycles. The zero-order valence-electron chi connectivity index (χ0n) is 18.0. The fourth-order valence-electron chi connectivity index (χ4n) is 3.69. The van der Waals surface area contributed by atoms with Crippen molar-refractivity contribution in [3.8, 4) is 0 Å². The molecule has 0 aliphatic heterocycles. The lowest BCUT2D eigenvalue weighted by Crippen LogP contribution is -2.30. The Morgan fingerprint density at radius 2 is 1.48 bits per heavy atom. The van der Waals surface area contributed by atoms with Crippen molar-refractivity contribution in [1.82, 2.24) is 14.5 Å². The number of amides is 1. The number of imidazole rings is 1. The van der Waals surface area contributed by atoms with Crippen molar-refractivity contribution in [1.29, 1.82) is 5.41 Å². The van der Waals surface area contributed by atoms with Gasteiger partial charge in [-0.2, -0.15) is 0 Å². The second-order valence-corrected chi connectivity index (χ2v) is 7.74. The summed E-state index contributed by atoms with van der Waals surface area (Å²) in [4.78, 5) is 12.9. The van der Waals surface area contributed by atoms with Crippen LogP contribution < -0.4 is 10.9 Å². The molecule has 3 aromatic carbocycles. The van der Waals surface area contributed by atoms with E-state index in [2.05, 4.69) is 36.5 Å². The normalized spacial score (nSPS) is 11.6. The van der Waals surface area contributed by atoms with Gasteiger partial charge in [0.05, 0.1) is 17.6 Å². The summed E-state index contributed by atoms with van der Waals surface area (Å²) in [5.74, 6) is -0.239. The Bertz CT molecular complexity index is 1320. The third kappa shape index (κ3) is 4.08. The van der Waals surface area contributed by atoms with Crippen LogP contribution in [-0.4, -0.2) is 22.1 Å². The van der Waals surface area contributed by atoms with Crippen molar-refractivity contribution < 1.29 is 4.79 Å². The minimum absolute atomic E-state index is 0.239. The molecule has 5 nitrogen and oxygen atoms in total. The van der Waals surface area contributed by atoms with Crippen molar-refractivity contribution in [2.24, 2.45) is 0 Å². The number of hydrogen-bond donors (Lipinski definition) is 2. The summed E-state index contributed by atoms with van der Waals surface area (Å²) in [6.45, 7) is 4.64. The quantitative estimate of drug-likeness (QED) is 0.473. The van der Waals surface area contributed by atoms with Gasteiger partial charge in [0.2, 0.25) is 5.62 Å². The molecular formula is C26H26N4O. The van der Waals surface area contributed by atoms with Gasteiger partial charge in [-0.25, -0.2) is 0 Å². The maximum atomic E-state index is 12.9. The maximum absolute atomic E-state index is 12.9. The average molecular weight is 411 g/mol. The number of benzene rings is 3. The van der Waals surface area contributed by atoms with Crippen LogP contribution in [0, 0.1) is 19.3 Å². The molecule has 4 rings (SSSR count). The minimum atomic E-state index is -0.239. The van der Waals surface area contributed by atoms with Crippen molar-refractivity contribution in [2.45, 2.75) is 20.4 Å².